The topological polar surface area (TPSA) is 80.4 Å². The molecule has 192 valence electrons. The molecule has 0 N–H and O–H groups in total. The van der Waals surface area contributed by atoms with E-state index in [1.165, 1.54) is 0 Å². The minimum atomic E-state index is -0.0967. The molecule has 0 bridgehead atoms. The fourth-order valence-electron chi connectivity index (χ4n) is 4.82. The van der Waals surface area contributed by atoms with Crippen LogP contribution >= 0.6 is 0 Å². The van der Waals surface area contributed by atoms with Gasteiger partial charge in [-0.05, 0) is 36.1 Å². The maximum atomic E-state index is 13.4. The molecule has 0 unspecified atom stereocenters. The lowest BCUT2D eigenvalue weighted by Crippen LogP contribution is -2.27. The Morgan fingerprint density at radius 3 is 2.62 bits per heavy atom. The lowest BCUT2D eigenvalue weighted by molar-refractivity contribution is 0.170. The van der Waals surface area contributed by atoms with Gasteiger partial charge in [0.15, 0.2) is 11.2 Å². The molecular formula is C29H32N4O4. The Labute approximate surface area is 216 Å². The highest BCUT2D eigenvalue weighted by molar-refractivity contribution is 5.68. The summed E-state index contributed by atoms with van der Waals surface area (Å²) >= 11 is 0. The zero-order valence-electron chi connectivity index (χ0n) is 21.7. The van der Waals surface area contributed by atoms with Crippen LogP contribution in [0, 0.1) is 5.92 Å². The molecule has 0 saturated heterocycles. The van der Waals surface area contributed by atoms with Crippen LogP contribution in [0.5, 0.6) is 11.6 Å². The monoisotopic (exact) mass is 500 g/mol. The van der Waals surface area contributed by atoms with Crippen molar-refractivity contribution in [1.82, 2.24) is 19.1 Å². The van der Waals surface area contributed by atoms with Crippen molar-refractivity contribution in [3.63, 3.8) is 0 Å². The van der Waals surface area contributed by atoms with E-state index in [0.29, 0.717) is 42.0 Å². The van der Waals surface area contributed by atoms with E-state index in [1.807, 2.05) is 53.4 Å². The van der Waals surface area contributed by atoms with Gasteiger partial charge in [-0.15, -0.1) is 0 Å². The van der Waals surface area contributed by atoms with Crippen molar-refractivity contribution in [1.29, 1.82) is 0 Å². The van der Waals surface area contributed by atoms with Crippen LogP contribution < -0.4 is 14.9 Å². The largest absolute Gasteiger partial charge is 0.488 e. The smallest absolute Gasteiger partial charge is 0.257 e. The zero-order valence-corrected chi connectivity index (χ0v) is 21.7. The first-order valence-electron chi connectivity index (χ1n) is 12.6. The molecule has 4 aromatic rings. The molecule has 0 fully saturated rings. The van der Waals surface area contributed by atoms with Crippen LogP contribution in [0.3, 0.4) is 0 Å². The first-order valence-corrected chi connectivity index (χ1v) is 12.6. The second kappa shape index (κ2) is 10.6. The Balaban J connectivity index is 1.56. The summed E-state index contributed by atoms with van der Waals surface area (Å²) in [6.07, 6.45) is 7.11. The highest BCUT2D eigenvalue weighted by atomic mass is 16.5. The molecule has 1 aromatic carbocycles. The summed E-state index contributed by atoms with van der Waals surface area (Å²) in [4.78, 5) is 22.7. The maximum Gasteiger partial charge on any atom is 0.257 e. The van der Waals surface area contributed by atoms with E-state index in [4.69, 9.17) is 19.2 Å². The SMILES string of the molecule is COCCCOc1cc2c(nc1OC)-c1cc(=O)c(-c3cn(-c4ccccc4)cn3)cn1[C@H](C(C)C)C2. The van der Waals surface area contributed by atoms with Gasteiger partial charge in [0.1, 0.15) is 0 Å². The van der Waals surface area contributed by atoms with Gasteiger partial charge in [0.25, 0.3) is 5.88 Å². The van der Waals surface area contributed by atoms with E-state index in [-0.39, 0.29) is 11.5 Å². The molecule has 1 aliphatic heterocycles. The molecule has 0 radical (unpaired) electrons. The van der Waals surface area contributed by atoms with E-state index in [9.17, 15) is 4.79 Å². The minimum absolute atomic E-state index is 0.0967. The third-order valence-electron chi connectivity index (χ3n) is 6.77. The molecule has 3 aromatic heterocycles. The third kappa shape index (κ3) is 4.89. The molecule has 5 rings (SSSR count). The number of hydrogen-bond donors (Lipinski definition) is 0. The average Bonchev–Trinajstić information content (AvgIpc) is 3.40. The van der Waals surface area contributed by atoms with Crippen LogP contribution in [0.2, 0.25) is 0 Å². The lowest BCUT2D eigenvalue weighted by atomic mass is 9.89. The minimum Gasteiger partial charge on any atom is -0.488 e. The summed E-state index contributed by atoms with van der Waals surface area (Å²) in [6.45, 7) is 5.52. The van der Waals surface area contributed by atoms with Crippen molar-refractivity contribution in [2.75, 3.05) is 27.4 Å². The van der Waals surface area contributed by atoms with Crippen LogP contribution in [-0.4, -0.2) is 46.5 Å². The second-order valence-electron chi connectivity index (χ2n) is 9.56. The predicted molar refractivity (Wildman–Crippen MR) is 143 cm³/mol. The Hall–Kier alpha value is -3.91. The van der Waals surface area contributed by atoms with Crippen molar-refractivity contribution in [3.8, 4) is 40.0 Å². The van der Waals surface area contributed by atoms with Crippen molar-refractivity contribution >= 4 is 0 Å². The van der Waals surface area contributed by atoms with Gasteiger partial charge in [-0.1, -0.05) is 32.0 Å². The fraction of sp³-hybridized carbons (Fsp3) is 0.345. The number of pyridine rings is 2. The molecule has 37 heavy (non-hydrogen) atoms. The standard InChI is InChI=1S/C29H32N4O4/c1-19(2)24-13-20-14-27(37-12-8-11-35-3)29(36-4)31-28(20)25-15-26(34)22(16-33(24)25)23-17-32(18-30-23)21-9-6-5-7-10-21/h5-7,9-10,14-19,24H,8,11-13H2,1-4H3/t24-/m0/s1. The number of fused-ring (bicyclic) bond motifs is 3. The first kappa shape index (κ1) is 24.8. The number of methoxy groups -OCH3 is 2. The summed E-state index contributed by atoms with van der Waals surface area (Å²) in [5.41, 5.74) is 4.67. The summed E-state index contributed by atoms with van der Waals surface area (Å²) in [6, 6.07) is 13.8. The van der Waals surface area contributed by atoms with Crippen molar-refractivity contribution in [3.05, 3.63) is 77.0 Å². The summed E-state index contributed by atoms with van der Waals surface area (Å²) in [5.74, 6) is 1.35. The van der Waals surface area contributed by atoms with E-state index >= 15 is 0 Å². The molecule has 1 aliphatic rings. The molecule has 1 atom stereocenters. The van der Waals surface area contributed by atoms with Crippen LogP contribution in [0.4, 0.5) is 0 Å². The van der Waals surface area contributed by atoms with E-state index in [1.54, 1.807) is 26.6 Å². The third-order valence-corrected chi connectivity index (χ3v) is 6.77. The van der Waals surface area contributed by atoms with E-state index in [0.717, 1.165) is 35.5 Å². The normalized spacial score (nSPS) is 14.4. The Bertz CT molecular complexity index is 1440. The van der Waals surface area contributed by atoms with Gasteiger partial charge >= 0.3 is 0 Å². The number of hydrogen-bond acceptors (Lipinski definition) is 6. The highest BCUT2D eigenvalue weighted by Gasteiger charge is 2.30. The first-order chi connectivity index (χ1) is 18.0. The molecule has 0 amide bonds. The fourth-order valence-corrected chi connectivity index (χ4v) is 4.82. The van der Waals surface area contributed by atoms with Crippen LogP contribution in [0.15, 0.2) is 66.0 Å². The summed E-state index contributed by atoms with van der Waals surface area (Å²) < 4.78 is 20.8. The number of nitrogens with zero attached hydrogens (tertiary/aromatic N) is 4. The number of aromatic nitrogens is 4. The predicted octanol–water partition coefficient (Wildman–Crippen LogP) is 4.94. The summed E-state index contributed by atoms with van der Waals surface area (Å²) in [7, 11) is 3.25. The Kier molecular flexibility index (Phi) is 7.10. The van der Waals surface area contributed by atoms with Gasteiger partial charge < -0.3 is 23.3 Å². The molecule has 8 heteroatoms. The van der Waals surface area contributed by atoms with E-state index in [2.05, 4.69) is 23.4 Å². The van der Waals surface area contributed by atoms with Gasteiger partial charge in [0.05, 0.1) is 42.7 Å². The van der Waals surface area contributed by atoms with Gasteiger partial charge in [-0.2, -0.15) is 0 Å². The van der Waals surface area contributed by atoms with Gasteiger partial charge in [-0.25, -0.2) is 9.97 Å². The lowest BCUT2D eigenvalue weighted by Gasteiger charge is -2.33. The zero-order chi connectivity index (χ0) is 25.9. The molecular weight excluding hydrogens is 468 g/mol. The average molecular weight is 501 g/mol. The molecule has 4 heterocycles. The number of benzene rings is 1. The second-order valence-corrected chi connectivity index (χ2v) is 9.56. The van der Waals surface area contributed by atoms with Gasteiger partial charge in [-0.3, -0.25) is 4.79 Å². The van der Waals surface area contributed by atoms with E-state index < -0.39 is 0 Å². The molecule has 8 nitrogen and oxygen atoms in total. The van der Waals surface area contributed by atoms with Gasteiger partial charge in [0.2, 0.25) is 0 Å². The van der Waals surface area contributed by atoms with Gasteiger partial charge in [0, 0.05) is 50.3 Å². The maximum absolute atomic E-state index is 13.4. The Morgan fingerprint density at radius 1 is 1.08 bits per heavy atom. The van der Waals surface area contributed by atoms with Crippen LogP contribution in [-0.2, 0) is 11.2 Å². The van der Waals surface area contributed by atoms with Crippen molar-refractivity contribution in [2.24, 2.45) is 5.92 Å². The number of para-hydroxylation sites is 1. The molecule has 0 aliphatic carbocycles. The van der Waals surface area contributed by atoms with Crippen molar-refractivity contribution < 1.29 is 14.2 Å². The molecule has 0 spiro atoms. The number of ether oxygens (including phenoxy) is 3. The quantitative estimate of drug-likeness (QED) is 0.303. The summed E-state index contributed by atoms with van der Waals surface area (Å²) in [5, 5.41) is 0. The highest BCUT2D eigenvalue weighted by Crippen LogP contribution is 2.41. The number of imidazole rings is 1. The Morgan fingerprint density at radius 2 is 1.89 bits per heavy atom. The van der Waals surface area contributed by atoms with Crippen LogP contribution in [0.1, 0.15) is 31.9 Å². The van der Waals surface area contributed by atoms with Crippen molar-refractivity contribution in [2.45, 2.75) is 32.7 Å². The van der Waals surface area contributed by atoms with Crippen LogP contribution in [0.25, 0.3) is 28.3 Å². The number of rotatable bonds is 9. The molecule has 0 saturated carbocycles.